The van der Waals surface area contributed by atoms with E-state index in [1.807, 2.05) is 0 Å². The number of benzene rings is 1. The molecule has 0 aliphatic heterocycles. The molecule has 1 aliphatic carbocycles. The standard InChI is InChI=1S/C12H15FO2/c1-8(14)11-6-10(13)4-5-12(11)15-7-9-2-3-9/h4-6,8-9,14H,2-3,7H2,1H3/t8-/m0/s1. The second kappa shape index (κ2) is 4.19. The monoisotopic (exact) mass is 210 g/mol. The van der Waals surface area contributed by atoms with E-state index in [2.05, 4.69) is 0 Å². The van der Waals surface area contributed by atoms with Gasteiger partial charge in [0.15, 0.2) is 0 Å². The lowest BCUT2D eigenvalue weighted by molar-refractivity contribution is 0.189. The molecule has 1 saturated carbocycles. The van der Waals surface area contributed by atoms with Crippen LogP contribution in [0.4, 0.5) is 4.39 Å². The number of ether oxygens (including phenoxy) is 1. The average Bonchev–Trinajstić information content (AvgIpc) is 2.99. The topological polar surface area (TPSA) is 29.5 Å². The van der Waals surface area contributed by atoms with E-state index in [1.54, 1.807) is 13.0 Å². The van der Waals surface area contributed by atoms with Crippen molar-refractivity contribution in [2.24, 2.45) is 5.92 Å². The summed E-state index contributed by atoms with van der Waals surface area (Å²) < 4.78 is 18.5. The molecule has 1 aliphatic rings. The largest absolute Gasteiger partial charge is 0.493 e. The maximum atomic E-state index is 13.0. The van der Waals surface area contributed by atoms with Gasteiger partial charge in [-0.1, -0.05) is 0 Å². The van der Waals surface area contributed by atoms with Crippen molar-refractivity contribution in [3.05, 3.63) is 29.6 Å². The molecule has 0 aromatic heterocycles. The quantitative estimate of drug-likeness (QED) is 0.827. The Morgan fingerprint density at radius 3 is 2.87 bits per heavy atom. The number of aliphatic hydroxyl groups is 1. The molecule has 2 rings (SSSR count). The Balaban J connectivity index is 2.12. The van der Waals surface area contributed by atoms with Gasteiger partial charge in [0.05, 0.1) is 12.7 Å². The van der Waals surface area contributed by atoms with Gasteiger partial charge in [-0.2, -0.15) is 0 Å². The van der Waals surface area contributed by atoms with Crippen LogP contribution in [0.5, 0.6) is 5.75 Å². The number of hydrogen-bond donors (Lipinski definition) is 1. The predicted molar refractivity (Wildman–Crippen MR) is 55.3 cm³/mol. The second-order valence-corrected chi connectivity index (χ2v) is 4.11. The first-order valence-electron chi connectivity index (χ1n) is 5.27. The summed E-state index contributed by atoms with van der Waals surface area (Å²) in [6, 6.07) is 4.26. The molecule has 1 N–H and O–H groups in total. The van der Waals surface area contributed by atoms with E-state index in [1.165, 1.54) is 25.0 Å². The van der Waals surface area contributed by atoms with Gasteiger partial charge in [0.2, 0.25) is 0 Å². The lowest BCUT2D eigenvalue weighted by atomic mass is 10.1. The molecule has 0 spiro atoms. The van der Waals surface area contributed by atoms with Crippen LogP contribution < -0.4 is 4.74 Å². The van der Waals surface area contributed by atoms with Crippen LogP contribution in [0, 0.1) is 11.7 Å². The van der Waals surface area contributed by atoms with Crippen LogP contribution >= 0.6 is 0 Å². The molecular formula is C12H15FO2. The Morgan fingerprint density at radius 2 is 2.27 bits per heavy atom. The van der Waals surface area contributed by atoms with Crippen molar-refractivity contribution in [1.29, 1.82) is 0 Å². The molecule has 3 heteroatoms. The highest BCUT2D eigenvalue weighted by Crippen LogP contribution is 2.32. The molecule has 1 atom stereocenters. The van der Waals surface area contributed by atoms with Gasteiger partial charge < -0.3 is 9.84 Å². The molecular weight excluding hydrogens is 195 g/mol. The fourth-order valence-electron chi connectivity index (χ4n) is 1.47. The van der Waals surface area contributed by atoms with E-state index in [0.29, 0.717) is 23.8 Å². The van der Waals surface area contributed by atoms with Gasteiger partial charge in [0.1, 0.15) is 11.6 Å². The van der Waals surface area contributed by atoms with Gasteiger partial charge in [0.25, 0.3) is 0 Å². The Kier molecular flexibility index (Phi) is 2.91. The molecule has 0 radical (unpaired) electrons. The molecule has 1 fully saturated rings. The van der Waals surface area contributed by atoms with Crippen LogP contribution in [0.25, 0.3) is 0 Å². The second-order valence-electron chi connectivity index (χ2n) is 4.11. The minimum Gasteiger partial charge on any atom is -0.493 e. The smallest absolute Gasteiger partial charge is 0.125 e. The highest BCUT2D eigenvalue weighted by Gasteiger charge is 2.22. The zero-order valence-corrected chi connectivity index (χ0v) is 8.74. The van der Waals surface area contributed by atoms with Crippen LogP contribution in [0.15, 0.2) is 18.2 Å². The Labute approximate surface area is 88.7 Å². The van der Waals surface area contributed by atoms with Gasteiger partial charge >= 0.3 is 0 Å². The van der Waals surface area contributed by atoms with Crippen LogP contribution in [0.2, 0.25) is 0 Å². The molecule has 1 aromatic rings. The molecule has 0 saturated heterocycles. The molecule has 0 amide bonds. The summed E-state index contributed by atoms with van der Waals surface area (Å²) in [5.41, 5.74) is 0.524. The number of hydrogen-bond acceptors (Lipinski definition) is 2. The minimum atomic E-state index is -0.699. The lowest BCUT2D eigenvalue weighted by Crippen LogP contribution is -2.04. The Morgan fingerprint density at radius 1 is 1.53 bits per heavy atom. The Hall–Kier alpha value is -1.09. The maximum absolute atomic E-state index is 13.0. The molecule has 2 nitrogen and oxygen atoms in total. The third kappa shape index (κ3) is 2.69. The normalized spacial score (nSPS) is 17.5. The summed E-state index contributed by atoms with van der Waals surface area (Å²) in [7, 11) is 0. The number of aliphatic hydroxyl groups excluding tert-OH is 1. The van der Waals surface area contributed by atoms with Crippen molar-refractivity contribution < 1.29 is 14.2 Å². The van der Waals surface area contributed by atoms with Crippen molar-refractivity contribution in [3.63, 3.8) is 0 Å². The Bertz CT molecular complexity index is 345. The fourth-order valence-corrected chi connectivity index (χ4v) is 1.47. The van der Waals surface area contributed by atoms with Gasteiger partial charge in [-0.15, -0.1) is 0 Å². The predicted octanol–water partition coefficient (Wildman–Crippen LogP) is 2.67. The third-order valence-corrected chi connectivity index (χ3v) is 2.59. The summed E-state index contributed by atoms with van der Waals surface area (Å²) in [5, 5.41) is 9.46. The summed E-state index contributed by atoms with van der Waals surface area (Å²) in [6.07, 6.45) is 1.73. The minimum absolute atomic E-state index is 0.343. The van der Waals surface area contributed by atoms with Gasteiger partial charge in [0, 0.05) is 5.56 Å². The molecule has 82 valence electrons. The van der Waals surface area contributed by atoms with Gasteiger partial charge in [-0.25, -0.2) is 4.39 Å². The molecule has 0 unspecified atom stereocenters. The molecule has 0 heterocycles. The molecule has 15 heavy (non-hydrogen) atoms. The van der Waals surface area contributed by atoms with Crippen LogP contribution in [-0.2, 0) is 0 Å². The van der Waals surface area contributed by atoms with Gasteiger partial charge in [-0.05, 0) is 43.9 Å². The highest BCUT2D eigenvalue weighted by atomic mass is 19.1. The maximum Gasteiger partial charge on any atom is 0.125 e. The van der Waals surface area contributed by atoms with Crippen molar-refractivity contribution >= 4 is 0 Å². The van der Waals surface area contributed by atoms with Crippen LogP contribution in [-0.4, -0.2) is 11.7 Å². The summed E-state index contributed by atoms with van der Waals surface area (Å²) in [4.78, 5) is 0. The van der Waals surface area contributed by atoms with Crippen molar-refractivity contribution in [3.8, 4) is 5.75 Å². The molecule has 1 aromatic carbocycles. The van der Waals surface area contributed by atoms with Crippen molar-refractivity contribution in [1.82, 2.24) is 0 Å². The SMILES string of the molecule is C[C@H](O)c1cc(F)ccc1OCC1CC1. The van der Waals surface area contributed by atoms with E-state index in [4.69, 9.17) is 4.74 Å². The van der Waals surface area contributed by atoms with Crippen molar-refractivity contribution in [2.45, 2.75) is 25.9 Å². The third-order valence-electron chi connectivity index (χ3n) is 2.59. The average molecular weight is 210 g/mol. The number of rotatable bonds is 4. The van der Waals surface area contributed by atoms with Crippen LogP contribution in [0.3, 0.4) is 0 Å². The van der Waals surface area contributed by atoms with E-state index in [-0.39, 0.29) is 5.82 Å². The first-order valence-corrected chi connectivity index (χ1v) is 5.27. The first-order chi connectivity index (χ1) is 7.16. The highest BCUT2D eigenvalue weighted by molar-refractivity contribution is 5.35. The zero-order chi connectivity index (χ0) is 10.8. The van der Waals surface area contributed by atoms with Crippen LogP contribution in [0.1, 0.15) is 31.4 Å². The van der Waals surface area contributed by atoms with Crippen molar-refractivity contribution in [2.75, 3.05) is 6.61 Å². The summed E-state index contributed by atoms with van der Waals surface area (Å²) in [5.74, 6) is 0.903. The van der Waals surface area contributed by atoms with E-state index < -0.39 is 6.10 Å². The summed E-state index contributed by atoms with van der Waals surface area (Å²) >= 11 is 0. The fraction of sp³-hybridized carbons (Fsp3) is 0.500. The number of halogens is 1. The van der Waals surface area contributed by atoms with E-state index in [0.717, 1.165) is 0 Å². The first kappa shape index (κ1) is 10.4. The van der Waals surface area contributed by atoms with E-state index >= 15 is 0 Å². The summed E-state index contributed by atoms with van der Waals surface area (Å²) in [6.45, 7) is 2.28. The molecule has 0 bridgehead atoms. The van der Waals surface area contributed by atoms with E-state index in [9.17, 15) is 9.50 Å². The zero-order valence-electron chi connectivity index (χ0n) is 8.74. The lowest BCUT2D eigenvalue weighted by Gasteiger charge is -2.13. The van der Waals surface area contributed by atoms with Gasteiger partial charge in [-0.3, -0.25) is 0 Å².